The van der Waals surface area contributed by atoms with Gasteiger partial charge in [-0.1, -0.05) is 24.3 Å². The number of amides is 2. The zero-order chi connectivity index (χ0) is 16.0. The first-order valence-electron chi connectivity index (χ1n) is 8.48. The first-order valence-corrected chi connectivity index (χ1v) is 8.48. The highest BCUT2D eigenvalue weighted by molar-refractivity contribution is 5.90. The number of nitrogens with two attached hydrogens (primary N) is 1. The van der Waals surface area contributed by atoms with Gasteiger partial charge in [0, 0.05) is 18.9 Å². The highest BCUT2D eigenvalue weighted by Gasteiger charge is 2.59. The molecule has 4 rings (SSSR count). The lowest BCUT2D eigenvalue weighted by Crippen LogP contribution is -2.52. The van der Waals surface area contributed by atoms with Crippen LogP contribution in [0.5, 0.6) is 0 Å². The number of hydrogen-bond acceptors (Lipinski definition) is 3. The van der Waals surface area contributed by atoms with Gasteiger partial charge in [0.05, 0.1) is 0 Å². The van der Waals surface area contributed by atoms with E-state index in [2.05, 4.69) is 5.32 Å². The lowest BCUT2D eigenvalue weighted by Gasteiger charge is -2.36. The van der Waals surface area contributed by atoms with E-state index in [1.54, 1.807) is 4.90 Å². The van der Waals surface area contributed by atoms with Gasteiger partial charge in [0.15, 0.2) is 0 Å². The maximum atomic E-state index is 13.1. The Hall–Kier alpha value is -1.59. The van der Waals surface area contributed by atoms with E-state index in [1.807, 2.05) is 24.3 Å². The fraction of sp³-hybridized carbons (Fsp3) is 0.556. The van der Waals surface area contributed by atoms with Crippen LogP contribution in [0.1, 0.15) is 30.4 Å². The van der Waals surface area contributed by atoms with E-state index in [0.29, 0.717) is 13.0 Å². The van der Waals surface area contributed by atoms with Gasteiger partial charge in [-0.15, -0.1) is 12.4 Å². The Morgan fingerprint density at radius 2 is 1.83 bits per heavy atom. The number of halogens is 1. The summed E-state index contributed by atoms with van der Waals surface area (Å²) in [6.07, 6.45) is 3.64. The highest BCUT2D eigenvalue weighted by atomic mass is 35.5. The number of piperidine rings is 1. The van der Waals surface area contributed by atoms with Gasteiger partial charge in [0.2, 0.25) is 11.8 Å². The number of primary amides is 1. The molecule has 2 fully saturated rings. The zero-order valence-corrected chi connectivity index (χ0v) is 14.5. The van der Waals surface area contributed by atoms with Crippen molar-refractivity contribution >= 4 is 24.2 Å². The molecule has 3 aliphatic rings. The lowest BCUT2D eigenvalue weighted by atomic mass is 9.89. The van der Waals surface area contributed by atoms with Crippen LogP contribution in [0.4, 0.5) is 0 Å². The van der Waals surface area contributed by atoms with E-state index in [-0.39, 0.29) is 29.6 Å². The van der Waals surface area contributed by atoms with E-state index in [9.17, 15) is 9.59 Å². The van der Waals surface area contributed by atoms with Crippen molar-refractivity contribution in [1.82, 2.24) is 10.2 Å². The molecule has 1 aliphatic carbocycles. The van der Waals surface area contributed by atoms with Gasteiger partial charge in [-0.2, -0.15) is 0 Å². The van der Waals surface area contributed by atoms with Crippen molar-refractivity contribution in [1.29, 1.82) is 0 Å². The van der Waals surface area contributed by atoms with E-state index < -0.39 is 11.9 Å². The van der Waals surface area contributed by atoms with Gasteiger partial charge in [-0.25, -0.2) is 0 Å². The smallest absolute Gasteiger partial charge is 0.240 e. The van der Waals surface area contributed by atoms with Crippen molar-refractivity contribution in [3.63, 3.8) is 0 Å². The molecule has 0 aromatic heterocycles. The third-order valence-electron chi connectivity index (χ3n) is 5.95. The Balaban J connectivity index is 0.00000169. The summed E-state index contributed by atoms with van der Waals surface area (Å²) in [6.45, 7) is 2.49. The number of nitrogens with zero attached hydrogens (tertiary/aromatic N) is 1. The Morgan fingerprint density at radius 3 is 2.50 bits per heavy atom. The molecule has 2 unspecified atom stereocenters. The zero-order valence-electron chi connectivity index (χ0n) is 13.7. The number of rotatable bonds is 2. The van der Waals surface area contributed by atoms with Gasteiger partial charge in [0.25, 0.3) is 0 Å². The Bertz CT molecular complexity index is 657. The van der Waals surface area contributed by atoms with E-state index in [0.717, 1.165) is 43.5 Å². The lowest BCUT2D eigenvalue weighted by molar-refractivity contribution is -0.142. The minimum Gasteiger partial charge on any atom is -0.368 e. The summed E-state index contributed by atoms with van der Waals surface area (Å²) in [7, 11) is 0. The summed E-state index contributed by atoms with van der Waals surface area (Å²) in [5.41, 5.74) is 8.05. The van der Waals surface area contributed by atoms with Gasteiger partial charge in [-0.05, 0) is 48.9 Å². The van der Waals surface area contributed by atoms with Crippen LogP contribution >= 0.6 is 12.4 Å². The molecule has 5 nitrogen and oxygen atoms in total. The molecule has 1 saturated carbocycles. The molecule has 2 aliphatic heterocycles. The van der Waals surface area contributed by atoms with Crippen molar-refractivity contribution in [2.45, 2.75) is 38.3 Å². The van der Waals surface area contributed by atoms with Gasteiger partial charge >= 0.3 is 0 Å². The molecule has 130 valence electrons. The first-order chi connectivity index (χ1) is 11.1. The number of hydrogen-bond donors (Lipinski definition) is 2. The summed E-state index contributed by atoms with van der Waals surface area (Å²) in [5.74, 6) is -0.185. The maximum absolute atomic E-state index is 13.1. The van der Waals surface area contributed by atoms with Gasteiger partial charge in [0.1, 0.15) is 6.04 Å². The predicted octanol–water partition coefficient (Wildman–Crippen LogP) is 1.24. The van der Waals surface area contributed by atoms with Crippen molar-refractivity contribution in [3.8, 4) is 0 Å². The Labute approximate surface area is 148 Å². The molecule has 6 heteroatoms. The van der Waals surface area contributed by atoms with Crippen molar-refractivity contribution in [2.24, 2.45) is 17.1 Å². The van der Waals surface area contributed by atoms with E-state index in [1.165, 1.54) is 0 Å². The van der Waals surface area contributed by atoms with E-state index >= 15 is 0 Å². The number of fused-ring (bicyclic) bond motifs is 1. The molecule has 1 spiro atoms. The molecule has 0 bridgehead atoms. The van der Waals surface area contributed by atoms with Crippen molar-refractivity contribution in [3.05, 3.63) is 35.4 Å². The first kappa shape index (κ1) is 17.2. The normalized spacial score (nSPS) is 27.1. The Morgan fingerprint density at radius 1 is 1.17 bits per heavy atom. The minimum absolute atomic E-state index is 0. The van der Waals surface area contributed by atoms with Crippen LogP contribution in [0.25, 0.3) is 0 Å². The fourth-order valence-corrected chi connectivity index (χ4v) is 4.38. The summed E-state index contributed by atoms with van der Waals surface area (Å²) >= 11 is 0. The van der Waals surface area contributed by atoms with Crippen LogP contribution in [0.2, 0.25) is 0 Å². The third-order valence-corrected chi connectivity index (χ3v) is 5.95. The summed E-state index contributed by atoms with van der Waals surface area (Å²) < 4.78 is 0. The molecular formula is C18H24ClN3O2. The molecule has 1 aromatic carbocycles. The van der Waals surface area contributed by atoms with E-state index in [4.69, 9.17) is 5.73 Å². The van der Waals surface area contributed by atoms with Crippen LogP contribution in [0.3, 0.4) is 0 Å². The average Bonchev–Trinajstić information content (AvgIpc) is 3.26. The van der Waals surface area contributed by atoms with Crippen molar-refractivity contribution < 1.29 is 9.59 Å². The number of nitrogens with one attached hydrogen (secondary N) is 1. The molecular weight excluding hydrogens is 326 g/mol. The second kappa shape index (κ2) is 6.37. The predicted molar refractivity (Wildman–Crippen MR) is 93.6 cm³/mol. The summed E-state index contributed by atoms with van der Waals surface area (Å²) in [6, 6.07) is 7.52. The molecule has 1 aromatic rings. The van der Waals surface area contributed by atoms with Crippen LogP contribution in [-0.2, 0) is 22.6 Å². The SMILES string of the molecule is Cl.NC(=O)C1Cc2ccccc2CN1C(=O)C1CC12CCNCC2. The second-order valence-corrected chi connectivity index (χ2v) is 7.23. The average molecular weight is 350 g/mol. The standard InChI is InChI=1S/C18H23N3O2.ClH/c19-16(22)15-9-12-3-1-2-4-13(12)11-21(15)17(23)14-10-18(14)5-7-20-8-6-18;/h1-4,14-15,20H,5-11H2,(H2,19,22);1H. The molecule has 1 saturated heterocycles. The monoisotopic (exact) mass is 349 g/mol. The minimum atomic E-state index is -0.503. The fourth-order valence-electron chi connectivity index (χ4n) is 4.38. The largest absolute Gasteiger partial charge is 0.368 e. The quantitative estimate of drug-likeness (QED) is 0.843. The van der Waals surface area contributed by atoms with Gasteiger partial charge < -0.3 is 16.0 Å². The molecule has 2 heterocycles. The van der Waals surface area contributed by atoms with Crippen LogP contribution in [-0.4, -0.2) is 35.8 Å². The van der Waals surface area contributed by atoms with Crippen LogP contribution < -0.4 is 11.1 Å². The highest BCUT2D eigenvalue weighted by Crippen LogP contribution is 2.59. The van der Waals surface area contributed by atoms with Crippen molar-refractivity contribution in [2.75, 3.05) is 13.1 Å². The topological polar surface area (TPSA) is 75.4 Å². The summed E-state index contributed by atoms with van der Waals surface area (Å²) in [5, 5.41) is 3.36. The number of carbonyl (C=O) groups is 2. The molecule has 0 radical (unpaired) electrons. The molecule has 24 heavy (non-hydrogen) atoms. The molecule has 2 amide bonds. The van der Waals surface area contributed by atoms with Gasteiger partial charge in [-0.3, -0.25) is 9.59 Å². The Kier molecular flexibility index (Phi) is 4.58. The maximum Gasteiger partial charge on any atom is 0.240 e. The van der Waals surface area contributed by atoms with Crippen LogP contribution in [0.15, 0.2) is 24.3 Å². The summed E-state index contributed by atoms with van der Waals surface area (Å²) in [4.78, 5) is 26.7. The third kappa shape index (κ3) is 2.80. The molecule has 3 N–H and O–H groups in total. The number of benzene rings is 1. The van der Waals surface area contributed by atoms with Crippen LogP contribution in [0, 0.1) is 11.3 Å². The molecule has 2 atom stereocenters. The second-order valence-electron chi connectivity index (χ2n) is 7.23. The number of carbonyl (C=O) groups excluding carboxylic acids is 2.